The zero-order valence-electron chi connectivity index (χ0n) is 14.4. The molecule has 1 aliphatic heterocycles. The Hall–Kier alpha value is -1.74. The molecule has 1 fully saturated rings. The average Bonchev–Trinajstić information content (AvgIpc) is 3.15. The summed E-state index contributed by atoms with van der Waals surface area (Å²) < 4.78 is 6.86. The molecule has 8 nitrogen and oxygen atoms in total. The fourth-order valence-electron chi connectivity index (χ4n) is 3.11. The third-order valence-corrected chi connectivity index (χ3v) is 4.86. The average molecular weight is 401 g/mol. The number of methoxy groups -OCH3 is 1. The summed E-state index contributed by atoms with van der Waals surface area (Å²) >= 11 is 6.28. The molecule has 0 atom stereocenters. The van der Waals surface area contributed by atoms with Crippen molar-refractivity contribution in [1.82, 2.24) is 30.8 Å². The highest BCUT2D eigenvalue weighted by Gasteiger charge is 2.32. The van der Waals surface area contributed by atoms with Gasteiger partial charge in [-0.05, 0) is 54.6 Å². The summed E-state index contributed by atoms with van der Waals surface area (Å²) in [6, 6.07) is 5.11. The van der Waals surface area contributed by atoms with Gasteiger partial charge in [0.25, 0.3) is 5.91 Å². The highest BCUT2D eigenvalue weighted by molar-refractivity contribution is 6.34. The molecule has 0 saturated carbocycles. The van der Waals surface area contributed by atoms with Crippen LogP contribution in [0.2, 0.25) is 5.02 Å². The Bertz CT molecular complexity index is 714. The third-order valence-electron chi connectivity index (χ3n) is 4.55. The molecule has 1 amide bonds. The van der Waals surface area contributed by atoms with E-state index < -0.39 is 0 Å². The van der Waals surface area contributed by atoms with E-state index in [2.05, 4.69) is 26.2 Å². The summed E-state index contributed by atoms with van der Waals surface area (Å²) in [6.07, 6.45) is 3.40. The minimum Gasteiger partial charge on any atom is -0.384 e. The Morgan fingerprint density at radius 3 is 2.81 bits per heavy atom. The van der Waals surface area contributed by atoms with E-state index in [1.165, 1.54) is 11.0 Å². The van der Waals surface area contributed by atoms with E-state index in [-0.39, 0.29) is 23.7 Å². The summed E-state index contributed by atoms with van der Waals surface area (Å²) in [5.41, 5.74) is 1.09. The van der Waals surface area contributed by atoms with Crippen molar-refractivity contribution in [3.8, 4) is 5.69 Å². The molecule has 1 aliphatic rings. The molecule has 3 rings (SSSR count). The highest BCUT2D eigenvalue weighted by Crippen LogP contribution is 2.28. The molecule has 2 heterocycles. The Labute approximate surface area is 163 Å². The van der Waals surface area contributed by atoms with Crippen LogP contribution >= 0.6 is 24.0 Å². The van der Waals surface area contributed by atoms with Crippen LogP contribution in [0.3, 0.4) is 0 Å². The van der Waals surface area contributed by atoms with Crippen LogP contribution in [0.15, 0.2) is 24.5 Å². The number of carbonyl (C=O) groups is 1. The number of piperidine rings is 1. The van der Waals surface area contributed by atoms with Crippen LogP contribution in [0.5, 0.6) is 0 Å². The van der Waals surface area contributed by atoms with Gasteiger partial charge in [0.15, 0.2) is 0 Å². The van der Waals surface area contributed by atoms with E-state index in [4.69, 9.17) is 16.3 Å². The van der Waals surface area contributed by atoms with Crippen LogP contribution in [0, 0.1) is 5.41 Å². The summed E-state index contributed by atoms with van der Waals surface area (Å²) in [5.74, 6) is -0.192. The van der Waals surface area contributed by atoms with Crippen LogP contribution in [-0.2, 0) is 4.74 Å². The van der Waals surface area contributed by atoms with Crippen molar-refractivity contribution in [3.05, 3.63) is 35.1 Å². The monoisotopic (exact) mass is 400 g/mol. The summed E-state index contributed by atoms with van der Waals surface area (Å²) in [6.45, 7) is 3.05. The van der Waals surface area contributed by atoms with Crippen molar-refractivity contribution in [2.24, 2.45) is 5.41 Å². The van der Waals surface area contributed by atoms with Crippen molar-refractivity contribution >= 4 is 29.9 Å². The molecule has 2 aromatic rings. The van der Waals surface area contributed by atoms with Gasteiger partial charge in [-0.3, -0.25) is 4.79 Å². The molecule has 0 radical (unpaired) electrons. The molecule has 26 heavy (non-hydrogen) atoms. The number of benzene rings is 1. The zero-order valence-corrected chi connectivity index (χ0v) is 16.0. The first-order valence-electron chi connectivity index (χ1n) is 8.14. The maximum absolute atomic E-state index is 12.6. The van der Waals surface area contributed by atoms with Crippen LogP contribution in [0.25, 0.3) is 5.69 Å². The van der Waals surface area contributed by atoms with Gasteiger partial charge in [-0.25, -0.2) is 4.68 Å². The van der Waals surface area contributed by atoms with Crippen molar-refractivity contribution < 1.29 is 9.53 Å². The quantitative estimate of drug-likeness (QED) is 0.762. The van der Waals surface area contributed by atoms with E-state index in [0.29, 0.717) is 29.4 Å². The zero-order chi connectivity index (χ0) is 17.7. The molecule has 0 unspecified atom stereocenters. The molecule has 0 spiro atoms. The summed E-state index contributed by atoms with van der Waals surface area (Å²) in [5, 5.41) is 17.7. The van der Waals surface area contributed by atoms with E-state index >= 15 is 0 Å². The summed E-state index contributed by atoms with van der Waals surface area (Å²) in [7, 11) is 1.69. The summed E-state index contributed by atoms with van der Waals surface area (Å²) in [4.78, 5) is 12.6. The van der Waals surface area contributed by atoms with Crippen LogP contribution in [0.4, 0.5) is 0 Å². The van der Waals surface area contributed by atoms with Crippen LogP contribution in [0.1, 0.15) is 23.2 Å². The van der Waals surface area contributed by atoms with Gasteiger partial charge in [0.05, 0.1) is 22.9 Å². The third kappa shape index (κ3) is 4.70. The number of ether oxygens (including phenoxy) is 1. The lowest BCUT2D eigenvalue weighted by molar-refractivity contribution is 0.0512. The largest absolute Gasteiger partial charge is 0.384 e. The molecule has 2 N–H and O–H groups in total. The van der Waals surface area contributed by atoms with Crippen molar-refractivity contribution in [3.63, 3.8) is 0 Å². The minimum atomic E-state index is -0.192. The molecule has 1 aromatic carbocycles. The lowest BCUT2D eigenvalue weighted by atomic mass is 9.79. The number of nitrogens with zero attached hydrogens (tertiary/aromatic N) is 4. The molecular formula is C16H22Cl2N6O2. The highest BCUT2D eigenvalue weighted by atomic mass is 35.5. The number of tetrazole rings is 1. The fraction of sp³-hybridized carbons (Fsp3) is 0.500. The number of halogens is 2. The van der Waals surface area contributed by atoms with Gasteiger partial charge in [-0.15, -0.1) is 17.5 Å². The fourth-order valence-corrected chi connectivity index (χ4v) is 3.37. The normalized spacial score (nSPS) is 15.9. The lowest BCUT2D eigenvalue weighted by Crippen LogP contribution is -2.47. The van der Waals surface area contributed by atoms with Gasteiger partial charge in [0.1, 0.15) is 6.33 Å². The number of rotatable bonds is 6. The Morgan fingerprint density at radius 2 is 2.19 bits per heavy atom. The number of carbonyl (C=O) groups excluding carboxylic acids is 1. The smallest absolute Gasteiger partial charge is 0.252 e. The molecular weight excluding hydrogens is 379 g/mol. The van der Waals surface area contributed by atoms with Gasteiger partial charge in [0.2, 0.25) is 0 Å². The van der Waals surface area contributed by atoms with E-state index in [0.717, 1.165) is 25.9 Å². The molecule has 0 aliphatic carbocycles. The van der Waals surface area contributed by atoms with Crippen LogP contribution in [-0.4, -0.2) is 59.5 Å². The molecule has 1 aromatic heterocycles. The van der Waals surface area contributed by atoms with E-state index in [1.807, 2.05) is 0 Å². The molecule has 10 heteroatoms. The van der Waals surface area contributed by atoms with Gasteiger partial charge < -0.3 is 15.4 Å². The van der Waals surface area contributed by atoms with Crippen molar-refractivity contribution in [1.29, 1.82) is 0 Å². The first kappa shape index (κ1) is 20.6. The maximum Gasteiger partial charge on any atom is 0.252 e. The lowest BCUT2D eigenvalue weighted by Gasteiger charge is -2.37. The topological polar surface area (TPSA) is 94.0 Å². The minimum absolute atomic E-state index is 0. The number of hydrogen-bond donors (Lipinski definition) is 2. The maximum atomic E-state index is 12.6. The second kappa shape index (κ2) is 9.27. The number of aromatic nitrogens is 4. The second-order valence-electron chi connectivity index (χ2n) is 6.28. The predicted octanol–water partition coefficient (Wildman–Crippen LogP) is 1.48. The molecule has 0 bridgehead atoms. The van der Waals surface area contributed by atoms with Crippen molar-refractivity contribution in [2.75, 3.05) is 33.4 Å². The van der Waals surface area contributed by atoms with Crippen molar-refractivity contribution in [2.45, 2.75) is 12.8 Å². The SMILES string of the molecule is COCC1(CNC(=O)c2ccc(-n3cnnn3)cc2Cl)CCNCC1.Cl. The molecule has 142 valence electrons. The first-order valence-corrected chi connectivity index (χ1v) is 8.52. The number of amides is 1. The van der Waals surface area contributed by atoms with E-state index in [9.17, 15) is 4.79 Å². The predicted molar refractivity (Wildman–Crippen MR) is 100 cm³/mol. The van der Waals surface area contributed by atoms with Gasteiger partial charge in [-0.1, -0.05) is 11.6 Å². The van der Waals surface area contributed by atoms with Gasteiger partial charge >= 0.3 is 0 Å². The Kier molecular flexibility index (Phi) is 7.33. The van der Waals surface area contributed by atoms with Crippen LogP contribution < -0.4 is 10.6 Å². The van der Waals surface area contributed by atoms with Gasteiger partial charge in [-0.2, -0.15) is 0 Å². The first-order chi connectivity index (χ1) is 12.1. The number of nitrogens with one attached hydrogen (secondary N) is 2. The standard InChI is InChI=1S/C16H21ClN6O2.ClH/c1-25-10-16(4-6-18-7-5-16)9-19-15(24)13-3-2-12(8-14(13)17)23-11-20-21-22-23;/h2-3,8,11,18H,4-7,9-10H2,1H3,(H,19,24);1H. The number of hydrogen-bond acceptors (Lipinski definition) is 6. The Morgan fingerprint density at radius 1 is 1.42 bits per heavy atom. The Balaban J connectivity index is 0.00000243. The molecule has 1 saturated heterocycles. The second-order valence-corrected chi connectivity index (χ2v) is 6.69. The van der Waals surface area contributed by atoms with Gasteiger partial charge in [0, 0.05) is 19.1 Å². The van der Waals surface area contributed by atoms with E-state index in [1.54, 1.807) is 25.3 Å².